The van der Waals surface area contributed by atoms with Gasteiger partial charge >= 0.3 is 6.18 Å². The summed E-state index contributed by atoms with van der Waals surface area (Å²) in [7, 11) is 0. The second-order valence-electron chi connectivity index (χ2n) is 6.61. The summed E-state index contributed by atoms with van der Waals surface area (Å²) < 4.78 is 37.8. The Morgan fingerprint density at radius 2 is 1.91 bits per heavy atom. The number of nitrogens with one attached hydrogen (secondary N) is 1. The van der Waals surface area contributed by atoms with Gasteiger partial charge in [-0.3, -0.25) is 14.7 Å². The summed E-state index contributed by atoms with van der Waals surface area (Å²) in [6.45, 7) is 5.43. The number of imide groups is 1. The molecule has 1 saturated carbocycles. The van der Waals surface area contributed by atoms with E-state index in [9.17, 15) is 22.8 Å². The molecule has 1 saturated heterocycles. The van der Waals surface area contributed by atoms with E-state index in [1.54, 1.807) is 12.0 Å². The number of nitrogens with zero attached hydrogens (tertiary/aromatic N) is 3. The summed E-state index contributed by atoms with van der Waals surface area (Å²) in [6, 6.07) is 0. The normalized spacial score (nSPS) is 31.0. The van der Waals surface area contributed by atoms with Crippen LogP contribution in [0.2, 0.25) is 0 Å². The van der Waals surface area contributed by atoms with Gasteiger partial charge in [0.2, 0.25) is 17.6 Å². The third-order valence-corrected chi connectivity index (χ3v) is 5.36. The van der Waals surface area contributed by atoms with Crippen molar-refractivity contribution in [3.05, 3.63) is 5.82 Å². The molecular formula is C13H15F3N4O2. The first kappa shape index (κ1) is 15.0. The number of carbonyl (C=O) groups excluding carboxylic acids is 2. The summed E-state index contributed by atoms with van der Waals surface area (Å²) in [5.41, 5.74) is -1.36. The maximum Gasteiger partial charge on any atom is 0.451 e. The molecule has 1 aromatic rings. The highest BCUT2D eigenvalue weighted by atomic mass is 19.4. The van der Waals surface area contributed by atoms with Crippen molar-refractivity contribution in [2.45, 2.75) is 39.8 Å². The Morgan fingerprint density at radius 1 is 1.27 bits per heavy atom. The molecule has 0 spiro atoms. The Labute approximate surface area is 124 Å². The second-order valence-corrected chi connectivity index (χ2v) is 6.61. The van der Waals surface area contributed by atoms with Crippen LogP contribution in [-0.4, -0.2) is 27.0 Å². The van der Waals surface area contributed by atoms with E-state index in [0.717, 1.165) is 0 Å². The van der Waals surface area contributed by atoms with E-state index >= 15 is 0 Å². The van der Waals surface area contributed by atoms with Crippen LogP contribution >= 0.6 is 0 Å². The van der Waals surface area contributed by atoms with Crippen LogP contribution in [0.4, 0.5) is 19.1 Å². The fourth-order valence-electron chi connectivity index (χ4n) is 3.49. The van der Waals surface area contributed by atoms with Gasteiger partial charge in [-0.05, 0) is 18.3 Å². The van der Waals surface area contributed by atoms with Gasteiger partial charge in [0.05, 0.1) is 5.41 Å². The molecule has 0 aromatic carbocycles. The quantitative estimate of drug-likeness (QED) is 0.805. The van der Waals surface area contributed by atoms with Crippen molar-refractivity contribution in [1.82, 2.24) is 15.2 Å². The minimum Gasteiger partial charge on any atom is -0.274 e. The Kier molecular flexibility index (Phi) is 2.78. The molecule has 9 heteroatoms. The second kappa shape index (κ2) is 4.08. The van der Waals surface area contributed by atoms with Gasteiger partial charge in [-0.2, -0.15) is 18.2 Å². The number of carbonyl (C=O) groups is 2. The first-order valence-electron chi connectivity index (χ1n) is 6.88. The monoisotopic (exact) mass is 316 g/mol. The average molecular weight is 316 g/mol. The first-order valence-corrected chi connectivity index (χ1v) is 6.88. The molecular weight excluding hydrogens is 301 g/mol. The van der Waals surface area contributed by atoms with E-state index in [4.69, 9.17) is 0 Å². The van der Waals surface area contributed by atoms with Gasteiger partial charge in [-0.15, -0.1) is 5.10 Å². The highest BCUT2D eigenvalue weighted by Gasteiger charge is 2.65. The van der Waals surface area contributed by atoms with Gasteiger partial charge in [-0.1, -0.05) is 20.8 Å². The molecule has 0 radical (unpaired) electrons. The molecule has 22 heavy (non-hydrogen) atoms. The molecule has 120 valence electrons. The van der Waals surface area contributed by atoms with Crippen molar-refractivity contribution < 1.29 is 22.8 Å². The number of aromatic nitrogens is 3. The topological polar surface area (TPSA) is 79.0 Å². The molecule has 2 amide bonds. The van der Waals surface area contributed by atoms with E-state index in [0.29, 0.717) is 17.7 Å². The number of hydrogen-bond acceptors (Lipinski definition) is 4. The Morgan fingerprint density at radius 3 is 2.45 bits per heavy atom. The lowest BCUT2D eigenvalue weighted by atomic mass is 9.62. The molecule has 2 unspecified atom stereocenters. The number of alkyl halides is 3. The summed E-state index contributed by atoms with van der Waals surface area (Å²) in [4.78, 5) is 29.2. The van der Waals surface area contributed by atoms with Crippen LogP contribution in [0.15, 0.2) is 0 Å². The number of anilines is 1. The summed E-state index contributed by atoms with van der Waals surface area (Å²) in [5.74, 6) is -3.36. The zero-order chi connectivity index (χ0) is 16.5. The van der Waals surface area contributed by atoms with Crippen LogP contribution in [0.1, 0.15) is 39.4 Å². The fourth-order valence-corrected chi connectivity index (χ4v) is 3.49. The zero-order valence-corrected chi connectivity index (χ0v) is 12.3. The van der Waals surface area contributed by atoms with Crippen molar-refractivity contribution in [2.24, 2.45) is 16.7 Å². The van der Waals surface area contributed by atoms with Crippen molar-refractivity contribution in [3.63, 3.8) is 0 Å². The van der Waals surface area contributed by atoms with Crippen LogP contribution in [-0.2, 0) is 15.8 Å². The molecule has 3 rings (SSSR count). The Balaban J connectivity index is 2.05. The largest absolute Gasteiger partial charge is 0.451 e. The highest BCUT2D eigenvalue weighted by Crippen LogP contribution is 2.60. The standard InChI is InChI=1S/C13H15F3N4O2/c1-11(2)6-4-5-12(11,3)9(22)20(7(6)21)10-17-8(18-19-10)13(14,15)16/h6H,4-5H2,1-3H3,(H,17,18,19). The number of fused-ring (bicyclic) bond motifs is 2. The number of halogens is 3. The molecule has 1 aromatic heterocycles. The van der Waals surface area contributed by atoms with Crippen LogP contribution in [0.25, 0.3) is 0 Å². The van der Waals surface area contributed by atoms with Crippen LogP contribution in [0, 0.1) is 16.7 Å². The molecule has 2 fully saturated rings. The molecule has 6 nitrogen and oxygen atoms in total. The number of rotatable bonds is 1. The van der Waals surface area contributed by atoms with E-state index in [2.05, 4.69) is 10.1 Å². The van der Waals surface area contributed by atoms with Crippen molar-refractivity contribution in [1.29, 1.82) is 0 Å². The van der Waals surface area contributed by atoms with Gasteiger partial charge in [-0.25, -0.2) is 4.90 Å². The Bertz CT molecular complexity index is 666. The summed E-state index contributed by atoms with van der Waals surface area (Å²) >= 11 is 0. The molecule has 2 heterocycles. The lowest BCUT2D eigenvalue weighted by Gasteiger charge is -2.46. The molecule has 1 aliphatic carbocycles. The maximum atomic E-state index is 12.7. The van der Waals surface area contributed by atoms with E-state index < -0.39 is 46.5 Å². The lowest BCUT2D eigenvalue weighted by molar-refractivity contribution is -0.147. The van der Waals surface area contributed by atoms with Gasteiger partial charge in [0.1, 0.15) is 0 Å². The summed E-state index contributed by atoms with van der Waals surface area (Å²) in [5, 5.41) is 5.15. The number of hydrogen-bond donors (Lipinski definition) is 1. The smallest absolute Gasteiger partial charge is 0.274 e. The van der Waals surface area contributed by atoms with Crippen molar-refractivity contribution >= 4 is 17.8 Å². The van der Waals surface area contributed by atoms with E-state index in [1.807, 2.05) is 13.8 Å². The minimum atomic E-state index is -4.71. The molecule has 2 atom stereocenters. The molecule has 2 aliphatic rings. The lowest BCUT2D eigenvalue weighted by Crippen LogP contribution is -2.59. The number of H-pyrrole nitrogens is 1. The SMILES string of the molecule is CC12CCC(C(=O)N(c3n[nH]c(C(F)(F)F)n3)C1=O)C2(C)C. The molecule has 1 aliphatic heterocycles. The average Bonchev–Trinajstić information content (AvgIpc) is 2.91. The zero-order valence-electron chi connectivity index (χ0n) is 12.3. The minimum absolute atomic E-state index is 0.428. The number of aromatic amines is 1. The third-order valence-electron chi connectivity index (χ3n) is 5.36. The van der Waals surface area contributed by atoms with Crippen molar-refractivity contribution in [3.8, 4) is 0 Å². The highest BCUT2D eigenvalue weighted by molar-refractivity contribution is 6.19. The van der Waals surface area contributed by atoms with Crippen LogP contribution in [0.3, 0.4) is 0 Å². The number of piperidine rings is 1. The van der Waals surface area contributed by atoms with Gasteiger partial charge in [0.15, 0.2) is 0 Å². The summed E-state index contributed by atoms with van der Waals surface area (Å²) in [6.07, 6.45) is -3.67. The number of amides is 2. The van der Waals surface area contributed by atoms with E-state index in [1.165, 1.54) is 0 Å². The van der Waals surface area contributed by atoms with Gasteiger partial charge in [0, 0.05) is 5.92 Å². The third kappa shape index (κ3) is 1.67. The van der Waals surface area contributed by atoms with Gasteiger partial charge in [0.25, 0.3) is 5.95 Å². The van der Waals surface area contributed by atoms with Crippen LogP contribution < -0.4 is 4.90 Å². The fraction of sp³-hybridized carbons (Fsp3) is 0.692. The Hall–Kier alpha value is -1.93. The van der Waals surface area contributed by atoms with Crippen LogP contribution in [0.5, 0.6) is 0 Å². The predicted octanol–water partition coefficient (Wildman–Crippen LogP) is 2.14. The first-order chi connectivity index (χ1) is 10.00. The van der Waals surface area contributed by atoms with Crippen molar-refractivity contribution in [2.75, 3.05) is 4.90 Å². The predicted molar refractivity (Wildman–Crippen MR) is 68.5 cm³/mol. The molecule has 2 bridgehead atoms. The maximum absolute atomic E-state index is 12.7. The van der Waals surface area contributed by atoms with Gasteiger partial charge < -0.3 is 0 Å². The molecule has 1 N–H and O–H groups in total. The van der Waals surface area contributed by atoms with E-state index in [-0.39, 0.29) is 0 Å².